The van der Waals surface area contributed by atoms with Gasteiger partial charge in [0.1, 0.15) is 22.3 Å². The van der Waals surface area contributed by atoms with Crippen LogP contribution < -0.4 is 14.8 Å². The Bertz CT molecular complexity index is 1400. The lowest BCUT2D eigenvalue weighted by Crippen LogP contribution is -2.42. The zero-order valence-corrected chi connectivity index (χ0v) is 17.4. The van der Waals surface area contributed by atoms with Gasteiger partial charge in [-0.15, -0.1) is 11.3 Å². The van der Waals surface area contributed by atoms with E-state index in [2.05, 4.69) is 4.98 Å². The van der Waals surface area contributed by atoms with E-state index in [1.807, 2.05) is 6.07 Å². The Kier molecular flexibility index (Phi) is 5.98. The number of nitro groups is 1. The normalized spacial score (nSPS) is 15.3. The molecule has 0 saturated carbocycles. The number of H-pyrrole nitrogens is 1. The van der Waals surface area contributed by atoms with Gasteiger partial charge in [0.15, 0.2) is 5.57 Å². The molecule has 11 heteroatoms. The second-order valence-electron chi connectivity index (χ2n) is 6.76. The number of hydrogen-bond acceptors (Lipinski definition) is 8. The summed E-state index contributed by atoms with van der Waals surface area (Å²) in [5.74, 6) is 0.120. The van der Waals surface area contributed by atoms with Crippen molar-refractivity contribution >= 4 is 34.6 Å². The first-order chi connectivity index (χ1) is 15.5. The standard InChI is InChI=1S/C21H16N4O6S/c22-12-15(21(27)24-7-9-30-10-8-24)20-23-19(26)18(32-20)11-13-5-6-17(31-13)14-3-1-2-4-16(14)25(28)29/h1-6,11H,7-10H2,(H,23,26)/b18-11+,20-15-. The summed E-state index contributed by atoms with van der Waals surface area (Å²) < 4.78 is 11.3. The molecule has 1 N–H and O–H groups in total. The first-order valence-corrected chi connectivity index (χ1v) is 10.4. The lowest BCUT2D eigenvalue weighted by molar-refractivity contribution is -0.384. The highest BCUT2D eigenvalue weighted by atomic mass is 32.1. The number of hydrogen-bond donors (Lipinski definition) is 1. The monoisotopic (exact) mass is 452 g/mol. The maximum absolute atomic E-state index is 12.7. The molecule has 1 aliphatic rings. The second-order valence-corrected chi connectivity index (χ2v) is 7.81. The van der Waals surface area contributed by atoms with E-state index in [1.54, 1.807) is 30.3 Å². The summed E-state index contributed by atoms with van der Waals surface area (Å²) in [6.07, 6.45) is 1.46. The number of ether oxygens (including phenoxy) is 1. The van der Waals surface area contributed by atoms with Crippen LogP contribution in [0.3, 0.4) is 0 Å². The van der Waals surface area contributed by atoms with E-state index >= 15 is 0 Å². The Balaban J connectivity index is 1.71. The van der Waals surface area contributed by atoms with Crippen LogP contribution in [0.1, 0.15) is 5.76 Å². The summed E-state index contributed by atoms with van der Waals surface area (Å²) >= 11 is 0.962. The first-order valence-electron chi connectivity index (χ1n) is 9.54. The van der Waals surface area contributed by atoms with Gasteiger partial charge in [-0.3, -0.25) is 19.7 Å². The van der Waals surface area contributed by atoms with Crippen LogP contribution in [-0.2, 0) is 9.53 Å². The number of nitriles is 1. The highest BCUT2D eigenvalue weighted by Crippen LogP contribution is 2.30. The zero-order chi connectivity index (χ0) is 22.7. The van der Waals surface area contributed by atoms with Gasteiger partial charge < -0.3 is 19.0 Å². The van der Waals surface area contributed by atoms with Gasteiger partial charge >= 0.3 is 0 Å². The number of thiazole rings is 1. The van der Waals surface area contributed by atoms with Gasteiger partial charge in [-0.2, -0.15) is 5.26 Å². The topological polar surface area (TPSA) is 142 Å². The molecule has 10 nitrogen and oxygen atoms in total. The Labute approximate surface area is 184 Å². The number of rotatable bonds is 4. The number of furan rings is 1. The van der Waals surface area contributed by atoms with Crippen molar-refractivity contribution in [2.45, 2.75) is 0 Å². The molecule has 0 radical (unpaired) electrons. The van der Waals surface area contributed by atoms with Gasteiger partial charge in [0.2, 0.25) is 0 Å². The lowest BCUT2D eigenvalue weighted by atomic mass is 10.1. The van der Waals surface area contributed by atoms with Crippen LogP contribution in [0.5, 0.6) is 0 Å². The van der Waals surface area contributed by atoms with Crippen molar-refractivity contribution in [2.75, 3.05) is 26.3 Å². The predicted molar refractivity (Wildman–Crippen MR) is 115 cm³/mol. The Hall–Kier alpha value is -4.01. The van der Waals surface area contributed by atoms with Crippen molar-refractivity contribution in [3.8, 4) is 17.4 Å². The molecule has 2 aromatic heterocycles. The number of nitrogens with one attached hydrogen (secondary N) is 1. The average Bonchev–Trinajstić information content (AvgIpc) is 3.42. The maximum atomic E-state index is 12.7. The van der Waals surface area contributed by atoms with E-state index in [9.17, 15) is 25.0 Å². The Morgan fingerprint density at radius 1 is 1.25 bits per heavy atom. The molecular weight excluding hydrogens is 436 g/mol. The molecule has 1 aromatic carbocycles. The van der Waals surface area contributed by atoms with Crippen LogP contribution >= 0.6 is 11.3 Å². The van der Waals surface area contributed by atoms with E-state index in [1.165, 1.54) is 17.0 Å². The SMILES string of the molecule is N#C/C(C(=O)N1CCOCC1)=c1\[nH]c(=O)/c(=C\c2ccc(-c3ccccc3[N+](=O)[O-])o2)s1. The number of nitro benzene ring substituents is 1. The summed E-state index contributed by atoms with van der Waals surface area (Å²) in [6, 6.07) is 11.2. The van der Waals surface area contributed by atoms with Gasteiger partial charge in [0, 0.05) is 25.2 Å². The third-order valence-corrected chi connectivity index (χ3v) is 5.81. The van der Waals surface area contributed by atoms with Crippen molar-refractivity contribution in [2.24, 2.45) is 0 Å². The molecule has 4 rings (SSSR count). The van der Waals surface area contributed by atoms with Crippen molar-refractivity contribution < 1.29 is 18.9 Å². The number of carbonyl (C=O) groups is 1. The number of amides is 1. The Morgan fingerprint density at radius 2 is 2.00 bits per heavy atom. The van der Waals surface area contributed by atoms with E-state index in [-0.39, 0.29) is 26.2 Å². The highest BCUT2D eigenvalue weighted by Gasteiger charge is 2.22. The lowest BCUT2D eigenvalue weighted by Gasteiger charge is -2.26. The van der Waals surface area contributed by atoms with Crippen molar-refractivity contribution in [3.05, 3.63) is 71.8 Å². The average molecular weight is 452 g/mol. The van der Waals surface area contributed by atoms with E-state index in [0.717, 1.165) is 11.3 Å². The number of nitrogens with zero attached hydrogens (tertiary/aromatic N) is 3. The van der Waals surface area contributed by atoms with Gasteiger partial charge in [-0.25, -0.2) is 0 Å². The number of aromatic nitrogens is 1. The van der Waals surface area contributed by atoms with Crippen LogP contribution in [-0.4, -0.2) is 47.0 Å². The summed E-state index contributed by atoms with van der Waals surface area (Å²) in [5.41, 5.74) is -0.404. The van der Waals surface area contributed by atoms with E-state index in [4.69, 9.17) is 9.15 Å². The maximum Gasteiger partial charge on any atom is 0.280 e. The van der Waals surface area contributed by atoms with Gasteiger partial charge in [-0.1, -0.05) is 12.1 Å². The molecule has 0 bridgehead atoms. The molecular formula is C21H16N4O6S. The molecule has 0 spiro atoms. The van der Waals surface area contributed by atoms with Crippen LogP contribution in [0.4, 0.5) is 5.69 Å². The number of aromatic amines is 1. The molecule has 0 unspecified atom stereocenters. The minimum absolute atomic E-state index is 0.0976. The zero-order valence-electron chi connectivity index (χ0n) is 16.6. The molecule has 1 saturated heterocycles. The smallest absolute Gasteiger partial charge is 0.280 e. The van der Waals surface area contributed by atoms with E-state index in [0.29, 0.717) is 37.6 Å². The summed E-state index contributed by atoms with van der Waals surface area (Å²) in [4.78, 5) is 39.9. The third kappa shape index (κ3) is 4.22. The molecule has 1 fully saturated rings. The Morgan fingerprint density at radius 3 is 2.72 bits per heavy atom. The first kappa shape index (κ1) is 21.2. The van der Waals surface area contributed by atoms with Crippen LogP contribution in [0.25, 0.3) is 23.0 Å². The minimum atomic E-state index is -0.498. The molecule has 3 heterocycles. The van der Waals surface area contributed by atoms with E-state index < -0.39 is 16.4 Å². The van der Waals surface area contributed by atoms with Crippen molar-refractivity contribution in [1.82, 2.24) is 9.88 Å². The summed E-state index contributed by atoms with van der Waals surface area (Å²) in [6.45, 7) is 1.54. The fourth-order valence-corrected chi connectivity index (χ4v) is 4.14. The predicted octanol–water partition coefficient (Wildman–Crippen LogP) is 0.966. The van der Waals surface area contributed by atoms with Crippen molar-refractivity contribution in [3.63, 3.8) is 0 Å². The molecule has 1 amide bonds. The van der Waals surface area contributed by atoms with Crippen LogP contribution in [0.2, 0.25) is 0 Å². The number of benzene rings is 1. The van der Waals surface area contributed by atoms with Crippen LogP contribution in [0.15, 0.2) is 45.6 Å². The largest absolute Gasteiger partial charge is 0.456 e. The fraction of sp³-hybridized carbons (Fsp3) is 0.190. The summed E-state index contributed by atoms with van der Waals surface area (Å²) in [7, 11) is 0. The van der Waals surface area contributed by atoms with Gasteiger partial charge in [0.25, 0.3) is 17.2 Å². The minimum Gasteiger partial charge on any atom is -0.456 e. The second kappa shape index (κ2) is 9.01. The fourth-order valence-electron chi connectivity index (χ4n) is 3.22. The number of para-hydroxylation sites is 1. The molecule has 0 aliphatic carbocycles. The molecule has 1 aliphatic heterocycles. The molecule has 3 aromatic rings. The van der Waals surface area contributed by atoms with Crippen LogP contribution in [0, 0.1) is 21.4 Å². The molecule has 0 atom stereocenters. The third-order valence-electron chi connectivity index (χ3n) is 4.78. The molecule has 32 heavy (non-hydrogen) atoms. The quantitative estimate of drug-likeness (QED) is 0.459. The van der Waals surface area contributed by atoms with Gasteiger partial charge in [0.05, 0.1) is 28.2 Å². The number of morpholine rings is 1. The number of carbonyl (C=O) groups excluding carboxylic acids is 1. The highest BCUT2D eigenvalue weighted by molar-refractivity contribution is 7.07. The summed E-state index contributed by atoms with van der Waals surface area (Å²) in [5, 5.41) is 20.8. The van der Waals surface area contributed by atoms with Crippen molar-refractivity contribution in [1.29, 1.82) is 5.26 Å². The van der Waals surface area contributed by atoms with Gasteiger partial charge in [-0.05, 0) is 18.2 Å². The molecule has 162 valence electrons.